The van der Waals surface area contributed by atoms with Gasteiger partial charge < -0.3 is 10.3 Å². The molecule has 1 heterocycles. The van der Waals surface area contributed by atoms with Gasteiger partial charge in [-0.25, -0.2) is 0 Å². The zero-order valence-corrected chi connectivity index (χ0v) is 12.1. The summed E-state index contributed by atoms with van der Waals surface area (Å²) in [7, 11) is 0. The number of nitrogens with two attached hydrogens (primary N) is 1. The lowest BCUT2D eigenvalue weighted by Gasteiger charge is -2.08. The number of primary amides is 1. The van der Waals surface area contributed by atoms with E-state index >= 15 is 0 Å². The number of carbonyl (C=O) groups excluding carboxylic acids is 1. The normalized spacial score (nSPS) is 10.2. The first kappa shape index (κ1) is 13.4. The van der Waals surface area contributed by atoms with E-state index in [0.29, 0.717) is 12.1 Å². The molecule has 1 amide bonds. The number of hydrogen-bond acceptors (Lipinski definition) is 1. The van der Waals surface area contributed by atoms with E-state index in [0.717, 1.165) is 21.4 Å². The van der Waals surface area contributed by atoms with Gasteiger partial charge in [0.2, 0.25) is 0 Å². The van der Waals surface area contributed by atoms with Gasteiger partial charge >= 0.3 is 0 Å². The van der Waals surface area contributed by atoms with Crippen LogP contribution in [0.2, 0.25) is 0 Å². The van der Waals surface area contributed by atoms with Gasteiger partial charge in [0.15, 0.2) is 0 Å². The minimum Gasteiger partial charge on any atom is -0.366 e. The predicted molar refractivity (Wildman–Crippen MR) is 79.7 cm³/mol. The maximum atomic E-state index is 11.4. The fourth-order valence-electron chi connectivity index (χ4n) is 2.08. The smallest absolute Gasteiger partial charge is 0.250 e. The first-order valence-electron chi connectivity index (χ1n) is 5.74. The number of amides is 1. The van der Waals surface area contributed by atoms with E-state index in [2.05, 4.69) is 21.9 Å². The lowest BCUT2D eigenvalue weighted by molar-refractivity contribution is 0.0999. The van der Waals surface area contributed by atoms with Crippen LogP contribution in [0.5, 0.6) is 0 Å². The Balaban J connectivity index is 2.66. The second kappa shape index (κ2) is 5.33. The molecule has 2 aromatic rings. The molecule has 2 N–H and O–H groups in total. The van der Waals surface area contributed by atoms with Gasteiger partial charge in [-0.2, -0.15) is 0 Å². The van der Waals surface area contributed by atoms with Crippen LogP contribution in [-0.4, -0.2) is 10.5 Å². The molecule has 3 nitrogen and oxygen atoms in total. The molecule has 1 aromatic carbocycles. The van der Waals surface area contributed by atoms with Crippen molar-refractivity contribution in [1.82, 2.24) is 4.57 Å². The van der Waals surface area contributed by atoms with E-state index < -0.39 is 5.91 Å². The van der Waals surface area contributed by atoms with E-state index in [1.165, 1.54) is 0 Å². The molecule has 0 atom stereocenters. The third-order valence-electron chi connectivity index (χ3n) is 3.00. The van der Waals surface area contributed by atoms with Crippen molar-refractivity contribution in [2.45, 2.75) is 13.5 Å². The lowest BCUT2D eigenvalue weighted by Crippen LogP contribution is -2.12. The predicted octanol–water partition coefficient (Wildman–Crippen LogP) is 2.96. The monoisotopic (exact) mass is 316 g/mol. The second-order valence-electron chi connectivity index (χ2n) is 4.19. The fraction of sp³-hybridized carbons (Fsp3) is 0.133. The second-order valence-corrected chi connectivity index (χ2v) is 5.11. The Kier molecular flexibility index (Phi) is 3.77. The van der Waals surface area contributed by atoms with Crippen molar-refractivity contribution in [3.63, 3.8) is 0 Å². The van der Waals surface area contributed by atoms with Gasteiger partial charge in [0.1, 0.15) is 0 Å². The Hall–Kier alpha value is -1.99. The van der Waals surface area contributed by atoms with E-state index in [9.17, 15) is 4.79 Å². The molecule has 0 fully saturated rings. The van der Waals surface area contributed by atoms with Crippen molar-refractivity contribution in [2.75, 3.05) is 0 Å². The average Bonchev–Trinajstić information content (AvgIpc) is 2.68. The summed E-state index contributed by atoms with van der Waals surface area (Å²) in [6, 6.07) is 9.62. The maximum Gasteiger partial charge on any atom is 0.250 e. The summed E-state index contributed by atoms with van der Waals surface area (Å²) in [6.07, 6.45) is 5.40. The molecule has 0 saturated heterocycles. The Morgan fingerprint density at radius 1 is 1.47 bits per heavy atom. The molecule has 96 valence electrons. The third-order valence-corrected chi connectivity index (χ3v) is 3.50. The number of benzene rings is 1. The van der Waals surface area contributed by atoms with Gasteiger partial charge in [-0.1, -0.05) is 34.0 Å². The first-order valence-corrected chi connectivity index (χ1v) is 6.53. The number of halogens is 1. The summed E-state index contributed by atoms with van der Waals surface area (Å²) in [4.78, 5) is 11.4. The van der Waals surface area contributed by atoms with Gasteiger partial charge in [-0.3, -0.25) is 4.79 Å². The van der Waals surface area contributed by atoms with Gasteiger partial charge in [0.25, 0.3) is 5.91 Å². The molecule has 0 aliphatic heterocycles. The molecule has 19 heavy (non-hydrogen) atoms. The van der Waals surface area contributed by atoms with Crippen LogP contribution >= 0.6 is 15.9 Å². The van der Waals surface area contributed by atoms with Crippen molar-refractivity contribution < 1.29 is 4.79 Å². The number of hydrogen-bond donors (Lipinski definition) is 1. The zero-order chi connectivity index (χ0) is 14.0. The summed E-state index contributed by atoms with van der Waals surface area (Å²) in [5.74, 6) is 2.16. The Bertz CT molecular complexity index is 680. The maximum absolute atomic E-state index is 11.4. The molecule has 2 rings (SSSR count). The molecule has 1 aromatic heterocycles. The van der Waals surface area contributed by atoms with Gasteiger partial charge in [0.05, 0.1) is 12.1 Å². The Morgan fingerprint density at radius 3 is 2.79 bits per heavy atom. The number of carbonyl (C=O) groups is 1. The molecule has 0 saturated carbocycles. The lowest BCUT2D eigenvalue weighted by atomic mass is 10.1. The van der Waals surface area contributed by atoms with Crippen molar-refractivity contribution in [1.29, 1.82) is 0 Å². The van der Waals surface area contributed by atoms with Crippen LogP contribution in [0, 0.1) is 19.3 Å². The van der Waals surface area contributed by atoms with E-state index in [-0.39, 0.29) is 0 Å². The molecule has 4 heteroatoms. The Morgan fingerprint density at radius 2 is 2.21 bits per heavy atom. The molecular weight excluding hydrogens is 304 g/mol. The van der Waals surface area contributed by atoms with E-state index in [4.69, 9.17) is 12.2 Å². The third kappa shape index (κ3) is 2.56. The molecule has 0 radical (unpaired) electrons. The van der Waals surface area contributed by atoms with Crippen LogP contribution in [0.1, 0.15) is 16.1 Å². The average molecular weight is 317 g/mol. The highest BCUT2D eigenvalue weighted by Crippen LogP contribution is 2.27. The van der Waals surface area contributed by atoms with Crippen LogP contribution < -0.4 is 5.73 Å². The summed E-state index contributed by atoms with van der Waals surface area (Å²) >= 11 is 3.44. The van der Waals surface area contributed by atoms with Crippen molar-refractivity contribution in [3.05, 3.63) is 46.1 Å². The highest BCUT2D eigenvalue weighted by molar-refractivity contribution is 9.10. The highest BCUT2D eigenvalue weighted by Gasteiger charge is 2.16. The number of nitrogens with zero attached hydrogens (tertiary/aromatic N) is 1. The van der Waals surface area contributed by atoms with Gasteiger partial charge in [-0.15, -0.1) is 6.42 Å². The highest BCUT2D eigenvalue weighted by atomic mass is 79.9. The topological polar surface area (TPSA) is 48.0 Å². The molecule has 0 aliphatic carbocycles. The quantitative estimate of drug-likeness (QED) is 0.869. The summed E-state index contributed by atoms with van der Waals surface area (Å²) in [5, 5.41) is 0. The number of aromatic nitrogens is 1. The van der Waals surface area contributed by atoms with Crippen LogP contribution in [0.4, 0.5) is 0 Å². The molecule has 0 spiro atoms. The minimum atomic E-state index is -0.440. The number of terminal acetylenes is 1. The summed E-state index contributed by atoms with van der Waals surface area (Å²) in [5.41, 5.74) is 8.57. The van der Waals surface area contributed by atoms with Gasteiger partial charge in [0, 0.05) is 15.9 Å². The summed E-state index contributed by atoms with van der Waals surface area (Å²) < 4.78 is 2.89. The van der Waals surface area contributed by atoms with Crippen molar-refractivity contribution >= 4 is 21.8 Å². The Labute approximate surface area is 120 Å². The molecule has 0 aliphatic rings. The zero-order valence-electron chi connectivity index (χ0n) is 10.5. The van der Waals surface area contributed by atoms with Crippen LogP contribution in [-0.2, 0) is 6.54 Å². The fourth-order valence-corrected chi connectivity index (χ4v) is 2.48. The van der Waals surface area contributed by atoms with E-state index in [1.807, 2.05) is 35.8 Å². The van der Waals surface area contributed by atoms with Crippen LogP contribution in [0.25, 0.3) is 11.3 Å². The molecule has 0 unspecified atom stereocenters. The largest absolute Gasteiger partial charge is 0.366 e. The van der Waals surface area contributed by atoms with Crippen LogP contribution in [0.3, 0.4) is 0 Å². The van der Waals surface area contributed by atoms with Crippen LogP contribution in [0.15, 0.2) is 34.8 Å². The number of rotatable bonds is 3. The summed E-state index contributed by atoms with van der Waals surface area (Å²) in [6.45, 7) is 2.25. The minimum absolute atomic E-state index is 0.404. The SMILES string of the molecule is C#CCn1c(-c2cccc(Br)c2)cc(C(N)=O)c1C. The molecular formula is C15H13BrN2O. The standard InChI is InChI=1S/C15H13BrN2O/c1-3-7-18-10(2)13(15(17)19)9-14(18)11-5-4-6-12(16)8-11/h1,4-6,8-9H,7H2,2H3,(H2,17,19). The first-order chi connectivity index (χ1) is 9.04. The van der Waals surface area contributed by atoms with Crippen molar-refractivity contribution in [2.24, 2.45) is 5.73 Å². The van der Waals surface area contributed by atoms with E-state index in [1.54, 1.807) is 6.07 Å². The van der Waals surface area contributed by atoms with Crippen molar-refractivity contribution in [3.8, 4) is 23.6 Å². The molecule has 0 bridgehead atoms. The van der Waals surface area contributed by atoms with Gasteiger partial charge in [-0.05, 0) is 30.7 Å².